The van der Waals surface area contributed by atoms with Crippen LogP contribution in [0.3, 0.4) is 0 Å². The highest BCUT2D eigenvalue weighted by Gasteiger charge is 2.21. The van der Waals surface area contributed by atoms with Crippen molar-refractivity contribution < 1.29 is 9.18 Å². The topological polar surface area (TPSA) is 83.8 Å². The molecule has 1 aliphatic rings. The van der Waals surface area contributed by atoms with Gasteiger partial charge in [-0.3, -0.25) is 9.69 Å². The average molecular weight is 388 g/mol. The Kier molecular flexibility index (Phi) is 8.20. The Morgan fingerprint density at radius 2 is 2.04 bits per heavy atom. The van der Waals surface area contributed by atoms with Crippen LogP contribution in [0.15, 0.2) is 23.2 Å². The molecule has 7 nitrogen and oxygen atoms in total. The summed E-state index contributed by atoms with van der Waals surface area (Å²) in [4.78, 5) is 20.7. The number of nitrogens with one attached hydrogen (secondary N) is 2. The molecule has 1 amide bonds. The second-order valence-corrected chi connectivity index (χ2v) is 7.07. The zero-order valence-electron chi connectivity index (χ0n) is 16.8. The summed E-state index contributed by atoms with van der Waals surface area (Å²) in [6.07, 6.45) is 0. The molecule has 1 saturated heterocycles. The molecule has 1 fully saturated rings. The maximum atomic E-state index is 14.0. The van der Waals surface area contributed by atoms with E-state index in [1.807, 2.05) is 26.8 Å². The zero-order valence-corrected chi connectivity index (χ0v) is 16.8. The number of hydrogen-bond donors (Lipinski definition) is 2. The number of piperazine rings is 1. The van der Waals surface area contributed by atoms with Crippen LogP contribution < -0.4 is 10.6 Å². The van der Waals surface area contributed by atoms with Gasteiger partial charge in [0.25, 0.3) is 0 Å². The van der Waals surface area contributed by atoms with Crippen molar-refractivity contribution >= 4 is 11.9 Å². The molecule has 0 radical (unpaired) electrons. The summed E-state index contributed by atoms with van der Waals surface area (Å²) in [6.45, 7) is 10.1. The fourth-order valence-electron chi connectivity index (χ4n) is 3.04. The van der Waals surface area contributed by atoms with Gasteiger partial charge in [-0.05, 0) is 39.0 Å². The first kappa shape index (κ1) is 21.6. The van der Waals surface area contributed by atoms with Gasteiger partial charge in [0.2, 0.25) is 5.91 Å². The number of guanidine groups is 1. The number of nitrogens with zero attached hydrogens (tertiary/aromatic N) is 4. The standard InChI is InChI=1S/C20H29FN6O/c1-4-23-20(24-13-17-11-16(12-22)5-6-18(17)21)27-9-7-26(8-10-27)14-19(28)25-15(2)3/h5-6,11,15H,4,7-10,13-14H2,1-3H3,(H,23,24)(H,25,28). The van der Waals surface area contributed by atoms with Gasteiger partial charge in [-0.2, -0.15) is 5.26 Å². The lowest BCUT2D eigenvalue weighted by Crippen LogP contribution is -2.54. The molecular weight excluding hydrogens is 359 g/mol. The number of nitriles is 1. The van der Waals surface area contributed by atoms with E-state index in [4.69, 9.17) is 5.26 Å². The lowest BCUT2D eigenvalue weighted by Gasteiger charge is -2.36. The first-order valence-corrected chi connectivity index (χ1v) is 9.66. The highest BCUT2D eigenvalue weighted by molar-refractivity contribution is 5.80. The number of hydrogen-bond acceptors (Lipinski definition) is 4. The fraction of sp³-hybridized carbons (Fsp3) is 0.550. The fourth-order valence-corrected chi connectivity index (χ4v) is 3.04. The molecule has 0 aromatic heterocycles. The summed E-state index contributed by atoms with van der Waals surface area (Å²) in [5, 5.41) is 15.1. The first-order valence-electron chi connectivity index (χ1n) is 9.66. The number of carbonyl (C=O) groups is 1. The Hall–Kier alpha value is -2.66. The first-order chi connectivity index (χ1) is 13.4. The molecule has 2 rings (SSSR count). The van der Waals surface area contributed by atoms with Gasteiger partial charge >= 0.3 is 0 Å². The van der Waals surface area contributed by atoms with Crippen LogP contribution in [-0.4, -0.2) is 67.0 Å². The predicted octanol–water partition coefficient (Wildman–Crippen LogP) is 1.31. The Labute approximate surface area is 166 Å². The summed E-state index contributed by atoms with van der Waals surface area (Å²) in [7, 11) is 0. The molecule has 0 bridgehead atoms. The largest absolute Gasteiger partial charge is 0.357 e. The molecule has 2 N–H and O–H groups in total. The molecule has 1 aromatic carbocycles. The SMILES string of the molecule is CCNC(=NCc1cc(C#N)ccc1F)N1CCN(CC(=O)NC(C)C)CC1. The van der Waals surface area contributed by atoms with Crippen molar-refractivity contribution in [2.75, 3.05) is 39.3 Å². The van der Waals surface area contributed by atoms with Crippen LogP contribution in [0.4, 0.5) is 4.39 Å². The van der Waals surface area contributed by atoms with Crippen LogP contribution in [0.25, 0.3) is 0 Å². The van der Waals surface area contributed by atoms with E-state index < -0.39 is 0 Å². The normalized spacial score (nSPS) is 15.4. The zero-order chi connectivity index (χ0) is 20.5. The number of carbonyl (C=O) groups excluding carboxylic acids is 1. The highest BCUT2D eigenvalue weighted by Crippen LogP contribution is 2.12. The van der Waals surface area contributed by atoms with Crippen molar-refractivity contribution in [2.24, 2.45) is 4.99 Å². The number of rotatable bonds is 6. The molecular formula is C20H29FN6O. The van der Waals surface area contributed by atoms with Gasteiger partial charge in [-0.1, -0.05) is 0 Å². The van der Waals surface area contributed by atoms with E-state index in [9.17, 15) is 9.18 Å². The Balaban J connectivity index is 1.97. The van der Waals surface area contributed by atoms with Gasteiger partial charge in [0.05, 0.1) is 24.7 Å². The molecule has 0 spiro atoms. The summed E-state index contributed by atoms with van der Waals surface area (Å²) < 4.78 is 14.0. The number of benzene rings is 1. The van der Waals surface area contributed by atoms with Crippen molar-refractivity contribution in [1.29, 1.82) is 5.26 Å². The van der Waals surface area contributed by atoms with Crippen molar-refractivity contribution in [2.45, 2.75) is 33.4 Å². The van der Waals surface area contributed by atoms with Crippen LogP contribution in [0.1, 0.15) is 31.9 Å². The Morgan fingerprint density at radius 3 is 2.64 bits per heavy atom. The van der Waals surface area contributed by atoms with E-state index in [0.29, 0.717) is 24.2 Å². The second-order valence-electron chi connectivity index (χ2n) is 7.07. The smallest absolute Gasteiger partial charge is 0.234 e. The van der Waals surface area contributed by atoms with Crippen LogP contribution in [-0.2, 0) is 11.3 Å². The van der Waals surface area contributed by atoms with E-state index >= 15 is 0 Å². The quantitative estimate of drug-likeness (QED) is 0.567. The minimum Gasteiger partial charge on any atom is -0.357 e. The van der Waals surface area contributed by atoms with Gasteiger partial charge in [-0.15, -0.1) is 0 Å². The summed E-state index contributed by atoms with van der Waals surface area (Å²) in [6, 6.07) is 6.46. The van der Waals surface area contributed by atoms with Crippen molar-refractivity contribution in [1.82, 2.24) is 20.4 Å². The van der Waals surface area contributed by atoms with E-state index in [0.717, 1.165) is 32.1 Å². The molecule has 0 atom stereocenters. The second kappa shape index (κ2) is 10.6. The van der Waals surface area contributed by atoms with E-state index in [1.54, 1.807) is 0 Å². The Bertz CT molecular complexity index is 735. The van der Waals surface area contributed by atoms with Gasteiger partial charge in [0.15, 0.2) is 5.96 Å². The summed E-state index contributed by atoms with van der Waals surface area (Å²) >= 11 is 0. The van der Waals surface area contributed by atoms with Crippen LogP contribution in [0.2, 0.25) is 0 Å². The monoisotopic (exact) mass is 388 g/mol. The number of halogens is 1. The van der Waals surface area contributed by atoms with Gasteiger partial charge in [-0.25, -0.2) is 9.38 Å². The van der Waals surface area contributed by atoms with Crippen molar-refractivity contribution in [3.63, 3.8) is 0 Å². The number of amides is 1. The third-order valence-corrected chi connectivity index (χ3v) is 4.40. The molecule has 0 aliphatic carbocycles. The summed E-state index contributed by atoms with van der Waals surface area (Å²) in [5.41, 5.74) is 0.823. The summed E-state index contributed by atoms with van der Waals surface area (Å²) in [5.74, 6) is 0.395. The van der Waals surface area contributed by atoms with Crippen LogP contribution in [0.5, 0.6) is 0 Å². The minimum absolute atomic E-state index is 0.0388. The molecule has 1 heterocycles. The minimum atomic E-state index is -0.361. The maximum absolute atomic E-state index is 14.0. The van der Waals surface area contributed by atoms with E-state index in [1.165, 1.54) is 18.2 Å². The molecule has 28 heavy (non-hydrogen) atoms. The molecule has 1 aliphatic heterocycles. The Morgan fingerprint density at radius 1 is 1.32 bits per heavy atom. The molecule has 152 valence electrons. The third-order valence-electron chi connectivity index (χ3n) is 4.40. The van der Waals surface area contributed by atoms with Gasteiger partial charge in [0.1, 0.15) is 5.82 Å². The lowest BCUT2D eigenvalue weighted by atomic mass is 10.1. The lowest BCUT2D eigenvalue weighted by molar-refractivity contribution is -0.123. The van der Waals surface area contributed by atoms with E-state index in [-0.39, 0.29) is 24.3 Å². The van der Waals surface area contributed by atoms with Gasteiger partial charge < -0.3 is 15.5 Å². The van der Waals surface area contributed by atoms with Crippen LogP contribution in [0, 0.1) is 17.1 Å². The van der Waals surface area contributed by atoms with Crippen LogP contribution >= 0.6 is 0 Å². The molecule has 1 aromatic rings. The molecule has 0 saturated carbocycles. The third kappa shape index (κ3) is 6.50. The number of aliphatic imine (C=N–C) groups is 1. The van der Waals surface area contributed by atoms with Crippen molar-refractivity contribution in [3.05, 3.63) is 35.1 Å². The van der Waals surface area contributed by atoms with Gasteiger partial charge in [0, 0.05) is 44.3 Å². The van der Waals surface area contributed by atoms with Crippen molar-refractivity contribution in [3.8, 4) is 6.07 Å². The van der Waals surface area contributed by atoms with E-state index in [2.05, 4.69) is 25.4 Å². The molecule has 8 heteroatoms. The maximum Gasteiger partial charge on any atom is 0.234 e. The predicted molar refractivity (Wildman–Crippen MR) is 107 cm³/mol. The molecule has 0 unspecified atom stereocenters. The average Bonchev–Trinajstić information content (AvgIpc) is 2.66. The highest BCUT2D eigenvalue weighted by atomic mass is 19.1.